The molecule has 96 valence electrons. The first-order chi connectivity index (χ1) is 8.68. The summed E-state index contributed by atoms with van der Waals surface area (Å²) in [5.74, 6) is -2.34. The Morgan fingerprint density at radius 1 is 1.17 bits per heavy atom. The van der Waals surface area contributed by atoms with Gasteiger partial charge < -0.3 is 9.84 Å². The molecule has 0 unspecified atom stereocenters. The first-order valence-electron chi connectivity index (χ1n) is 6.12. The molecule has 1 aliphatic rings. The Morgan fingerprint density at radius 3 is 2.50 bits per heavy atom. The van der Waals surface area contributed by atoms with Crippen LogP contribution in [0.25, 0.3) is 0 Å². The number of hydrogen-bond donors (Lipinski definition) is 1. The molecule has 0 bridgehead atoms. The largest absolute Gasteiger partial charge is 0.481 e. The van der Waals surface area contributed by atoms with Crippen LogP contribution in [0.3, 0.4) is 0 Å². The Labute approximate surface area is 106 Å². The molecule has 0 saturated heterocycles. The molecule has 0 radical (unpaired) electrons. The standard InChI is InChI=1S/C14H16O4/c15-13(16)11-7-4-8-12(11)14(17)18-9-10-5-2-1-3-6-10/h1-3,5-6,11-12H,4,7-9H2,(H,15,16)/t11-,12+/m0/s1. The zero-order chi connectivity index (χ0) is 13.0. The maximum absolute atomic E-state index is 11.8. The van der Waals surface area contributed by atoms with E-state index in [4.69, 9.17) is 9.84 Å². The number of hydrogen-bond acceptors (Lipinski definition) is 3. The number of rotatable bonds is 4. The Morgan fingerprint density at radius 2 is 1.83 bits per heavy atom. The van der Waals surface area contributed by atoms with Gasteiger partial charge in [0.15, 0.2) is 0 Å². The van der Waals surface area contributed by atoms with Gasteiger partial charge in [-0.05, 0) is 18.4 Å². The molecule has 1 aromatic carbocycles. The van der Waals surface area contributed by atoms with E-state index in [-0.39, 0.29) is 12.6 Å². The molecule has 4 nitrogen and oxygen atoms in total. The third-order valence-corrected chi connectivity index (χ3v) is 3.36. The molecule has 2 rings (SSSR count). The molecule has 0 heterocycles. The SMILES string of the molecule is O=C(O)[C@H]1CCC[C@H]1C(=O)OCc1ccccc1. The summed E-state index contributed by atoms with van der Waals surface area (Å²) in [5.41, 5.74) is 0.913. The van der Waals surface area contributed by atoms with E-state index in [1.54, 1.807) is 0 Å². The Kier molecular flexibility index (Phi) is 3.97. The molecular weight excluding hydrogens is 232 g/mol. The van der Waals surface area contributed by atoms with Crippen molar-refractivity contribution < 1.29 is 19.4 Å². The van der Waals surface area contributed by atoms with E-state index in [0.29, 0.717) is 12.8 Å². The van der Waals surface area contributed by atoms with E-state index < -0.39 is 17.8 Å². The van der Waals surface area contributed by atoms with Gasteiger partial charge in [-0.2, -0.15) is 0 Å². The molecular formula is C14H16O4. The van der Waals surface area contributed by atoms with E-state index in [0.717, 1.165) is 12.0 Å². The number of carbonyl (C=O) groups excluding carboxylic acids is 1. The quantitative estimate of drug-likeness (QED) is 0.830. The van der Waals surface area contributed by atoms with Crippen LogP contribution in [0.15, 0.2) is 30.3 Å². The summed E-state index contributed by atoms with van der Waals surface area (Å²) in [6.45, 7) is 0.211. The van der Waals surface area contributed by atoms with Crippen molar-refractivity contribution in [2.45, 2.75) is 25.9 Å². The second kappa shape index (κ2) is 5.67. The van der Waals surface area contributed by atoms with Crippen molar-refractivity contribution in [3.8, 4) is 0 Å². The lowest BCUT2D eigenvalue weighted by molar-refractivity contribution is -0.157. The van der Waals surface area contributed by atoms with Crippen molar-refractivity contribution in [2.24, 2.45) is 11.8 Å². The van der Waals surface area contributed by atoms with Crippen LogP contribution in [0.2, 0.25) is 0 Å². The van der Waals surface area contributed by atoms with Gasteiger partial charge in [0.1, 0.15) is 6.61 Å². The number of aliphatic carboxylic acids is 1. The van der Waals surface area contributed by atoms with Gasteiger partial charge in [0.2, 0.25) is 0 Å². The number of carboxylic acid groups (broad SMARTS) is 1. The van der Waals surface area contributed by atoms with Crippen molar-refractivity contribution in [2.75, 3.05) is 0 Å². The van der Waals surface area contributed by atoms with Crippen LogP contribution in [0, 0.1) is 11.8 Å². The van der Waals surface area contributed by atoms with Crippen molar-refractivity contribution in [3.05, 3.63) is 35.9 Å². The van der Waals surface area contributed by atoms with Crippen LogP contribution in [0.5, 0.6) is 0 Å². The van der Waals surface area contributed by atoms with Crippen molar-refractivity contribution in [1.29, 1.82) is 0 Å². The second-order valence-electron chi connectivity index (χ2n) is 4.58. The van der Waals surface area contributed by atoms with E-state index >= 15 is 0 Å². The molecule has 1 fully saturated rings. The first-order valence-corrected chi connectivity index (χ1v) is 6.12. The zero-order valence-corrected chi connectivity index (χ0v) is 10.0. The molecule has 1 aromatic rings. The highest BCUT2D eigenvalue weighted by Gasteiger charge is 2.38. The first kappa shape index (κ1) is 12.6. The molecule has 4 heteroatoms. The summed E-state index contributed by atoms with van der Waals surface area (Å²) >= 11 is 0. The molecule has 0 aliphatic heterocycles. The fraction of sp³-hybridized carbons (Fsp3) is 0.429. The van der Waals surface area contributed by atoms with E-state index in [9.17, 15) is 9.59 Å². The Bertz CT molecular complexity index is 427. The van der Waals surface area contributed by atoms with Crippen LogP contribution in [0.4, 0.5) is 0 Å². The van der Waals surface area contributed by atoms with Gasteiger partial charge in [-0.1, -0.05) is 36.8 Å². The van der Waals surface area contributed by atoms with Gasteiger partial charge in [0, 0.05) is 0 Å². The summed E-state index contributed by atoms with van der Waals surface area (Å²) < 4.78 is 5.19. The summed E-state index contributed by atoms with van der Waals surface area (Å²) in [4.78, 5) is 22.8. The highest BCUT2D eigenvalue weighted by molar-refractivity contribution is 5.81. The fourth-order valence-corrected chi connectivity index (χ4v) is 2.37. The number of ether oxygens (including phenoxy) is 1. The van der Waals surface area contributed by atoms with Crippen LogP contribution < -0.4 is 0 Å². The lowest BCUT2D eigenvalue weighted by Gasteiger charge is -2.14. The van der Waals surface area contributed by atoms with Crippen LogP contribution in [-0.2, 0) is 20.9 Å². The van der Waals surface area contributed by atoms with E-state index in [2.05, 4.69) is 0 Å². The lowest BCUT2D eigenvalue weighted by Crippen LogP contribution is -2.26. The summed E-state index contributed by atoms with van der Waals surface area (Å²) in [6.07, 6.45) is 1.97. The zero-order valence-electron chi connectivity index (χ0n) is 10.0. The fourth-order valence-electron chi connectivity index (χ4n) is 2.37. The van der Waals surface area contributed by atoms with E-state index in [1.165, 1.54) is 0 Å². The summed E-state index contributed by atoms with van der Waals surface area (Å²) in [7, 11) is 0. The van der Waals surface area contributed by atoms with Crippen LogP contribution in [0.1, 0.15) is 24.8 Å². The molecule has 1 aliphatic carbocycles. The minimum atomic E-state index is -0.894. The predicted molar refractivity (Wildman–Crippen MR) is 64.7 cm³/mol. The van der Waals surface area contributed by atoms with Gasteiger partial charge in [-0.3, -0.25) is 9.59 Å². The molecule has 0 aromatic heterocycles. The molecule has 2 atom stereocenters. The number of esters is 1. The third-order valence-electron chi connectivity index (χ3n) is 3.36. The van der Waals surface area contributed by atoms with Gasteiger partial charge in [-0.25, -0.2) is 0 Å². The van der Waals surface area contributed by atoms with Gasteiger partial charge in [0.05, 0.1) is 11.8 Å². The predicted octanol–water partition coefficient (Wildman–Crippen LogP) is 2.23. The molecule has 1 N–H and O–H groups in total. The van der Waals surface area contributed by atoms with Gasteiger partial charge in [0.25, 0.3) is 0 Å². The topological polar surface area (TPSA) is 63.6 Å². The van der Waals surface area contributed by atoms with Crippen molar-refractivity contribution in [1.82, 2.24) is 0 Å². The smallest absolute Gasteiger partial charge is 0.310 e. The third kappa shape index (κ3) is 2.88. The highest BCUT2D eigenvalue weighted by Crippen LogP contribution is 2.33. The Hall–Kier alpha value is -1.84. The maximum atomic E-state index is 11.8. The minimum Gasteiger partial charge on any atom is -0.481 e. The maximum Gasteiger partial charge on any atom is 0.310 e. The molecule has 0 amide bonds. The molecule has 1 saturated carbocycles. The second-order valence-corrected chi connectivity index (χ2v) is 4.58. The minimum absolute atomic E-state index is 0.211. The summed E-state index contributed by atoms with van der Waals surface area (Å²) in [6, 6.07) is 9.38. The number of carboxylic acids is 1. The van der Waals surface area contributed by atoms with E-state index in [1.807, 2.05) is 30.3 Å². The Balaban J connectivity index is 1.90. The number of carbonyl (C=O) groups is 2. The van der Waals surface area contributed by atoms with Crippen molar-refractivity contribution >= 4 is 11.9 Å². The lowest BCUT2D eigenvalue weighted by atomic mass is 9.96. The number of benzene rings is 1. The monoisotopic (exact) mass is 248 g/mol. The normalized spacial score (nSPS) is 22.7. The van der Waals surface area contributed by atoms with Gasteiger partial charge >= 0.3 is 11.9 Å². The van der Waals surface area contributed by atoms with Crippen LogP contribution in [-0.4, -0.2) is 17.0 Å². The average Bonchev–Trinajstić information content (AvgIpc) is 2.86. The average molecular weight is 248 g/mol. The highest BCUT2D eigenvalue weighted by atomic mass is 16.5. The molecule has 0 spiro atoms. The summed E-state index contributed by atoms with van der Waals surface area (Å²) in [5, 5.41) is 9.01. The van der Waals surface area contributed by atoms with Crippen LogP contribution >= 0.6 is 0 Å². The molecule has 18 heavy (non-hydrogen) atoms. The van der Waals surface area contributed by atoms with Crippen molar-refractivity contribution in [3.63, 3.8) is 0 Å². The van der Waals surface area contributed by atoms with Gasteiger partial charge in [-0.15, -0.1) is 0 Å².